The molecule has 0 amide bonds. The topological polar surface area (TPSA) is 58.5 Å². The summed E-state index contributed by atoms with van der Waals surface area (Å²) in [6, 6.07) is 0. The molecule has 2 atom stereocenters. The number of nitrogens with zero attached hydrogens (tertiary/aromatic N) is 2. The van der Waals surface area contributed by atoms with Crippen LogP contribution in [0.1, 0.15) is 43.9 Å². The van der Waals surface area contributed by atoms with E-state index in [9.17, 15) is 5.11 Å². The molecule has 2 heterocycles. The highest BCUT2D eigenvalue weighted by Gasteiger charge is 2.61. The van der Waals surface area contributed by atoms with Crippen LogP contribution in [0.25, 0.3) is 0 Å². The van der Waals surface area contributed by atoms with Crippen molar-refractivity contribution in [3.63, 3.8) is 0 Å². The van der Waals surface area contributed by atoms with Gasteiger partial charge < -0.3 is 9.84 Å². The molecular weight excluding hydrogens is 204 g/mol. The predicted octanol–water partition coefficient (Wildman–Crippen LogP) is 1.82. The van der Waals surface area contributed by atoms with Crippen molar-refractivity contribution in [3.8, 4) is 0 Å². The fourth-order valence-corrected chi connectivity index (χ4v) is 2.70. The van der Waals surface area contributed by atoms with Crippen molar-refractivity contribution in [2.24, 2.45) is 5.92 Å². The second-order valence-corrected chi connectivity index (χ2v) is 4.71. The van der Waals surface area contributed by atoms with Gasteiger partial charge in [0.05, 0.1) is 11.9 Å². The molecule has 0 bridgehead atoms. The largest absolute Gasteiger partial charge is 0.363 e. The minimum absolute atomic E-state index is 0.260. The molecule has 0 spiro atoms. The molecule has 1 N–H and O–H groups in total. The molecule has 1 aromatic rings. The molecule has 1 saturated heterocycles. The zero-order valence-electron chi connectivity index (χ0n) is 9.17. The lowest BCUT2D eigenvalue weighted by molar-refractivity contribution is -0.0309. The molecule has 1 aliphatic carbocycles. The van der Waals surface area contributed by atoms with Crippen molar-refractivity contribution in [1.29, 1.82) is 0 Å². The van der Waals surface area contributed by atoms with Gasteiger partial charge in [-0.2, -0.15) is 0 Å². The van der Waals surface area contributed by atoms with Crippen LogP contribution in [-0.2, 0) is 4.74 Å². The van der Waals surface area contributed by atoms with E-state index in [0.717, 1.165) is 18.5 Å². The van der Waals surface area contributed by atoms with Crippen molar-refractivity contribution < 1.29 is 9.84 Å². The number of hydrogen-bond donors (Lipinski definition) is 1. The molecule has 4 nitrogen and oxygen atoms in total. The summed E-state index contributed by atoms with van der Waals surface area (Å²) in [5, 5.41) is 10.4. The van der Waals surface area contributed by atoms with Gasteiger partial charge in [0.25, 0.3) is 0 Å². The first-order chi connectivity index (χ1) is 7.81. The number of hydrogen-bond acceptors (Lipinski definition) is 4. The monoisotopic (exact) mass is 220 g/mol. The third-order valence-electron chi connectivity index (χ3n) is 3.67. The van der Waals surface area contributed by atoms with E-state index in [1.807, 2.05) is 0 Å². The van der Waals surface area contributed by atoms with Gasteiger partial charge in [0, 0.05) is 18.3 Å². The van der Waals surface area contributed by atoms with Gasteiger partial charge in [0.15, 0.2) is 6.10 Å². The Labute approximate surface area is 94.7 Å². The van der Waals surface area contributed by atoms with Crippen molar-refractivity contribution in [1.82, 2.24) is 9.97 Å². The first-order valence-corrected chi connectivity index (χ1v) is 5.97. The molecule has 1 saturated carbocycles. The van der Waals surface area contributed by atoms with E-state index in [2.05, 4.69) is 9.97 Å². The summed E-state index contributed by atoms with van der Waals surface area (Å²) in [5.41, 5.74) is 0.746. The Hall–Kier alpha value is -1.00. The Morgan fingerprint density at radius 1 is 1.25 bits per heavy atom. The number of rotatable bonds is 2. The van der Waals surface area contributed by atoms with Crippen molar-refractivity contribution in [2.75, 3.05) is 0 Å². The van der Waals surface area contributed by atoms with Crippen molar-refractivity contribution in [2.45, 2.75) is 44.0 Å². The number of aliphatic hydroxyl groups is 1. The van der Waals surface area contributed by atoms with Crippen LogP contribution in [0.15, 0.2) is 18.6 Å². The number of ether oxygens (including phenoxy) is 1. The molecule has 3 rings (SSSR count). The lowest BCUT2D eigenvalue weighted by Crippen LogP contribution is -2.27. The molecule has 2 aliphatic rings. The Bertz CT molecular complexity index is 365. The summed E-state index contributed by atoms with van der Waals surface area (Å²) in [6.45, 7) is 0. The average molecular weight is 220 g/mol. The molecule has 0 aromatic carbocycles. The van der Waals surface area contributed by atoms with Crippen LogP contribution in [0.4, 0.5) is 0 Å². The van der Waals surface area contributed by atoms with E-state index in [4.69, 9.17) is 4.74 Å². The van der Waals surface area contributed by atoms with Crippen LogP contribution in [0.2, 0.25) is 0 Å². The van der Waals surface area contributed by atoms with Crippen molar-refractivity contribution in [3.05, 3.63) is 24.3 Å². The smallest absolute Gasteiger partial charge is 0.202 e. The second kappa shape index (κ2) is 3.79. The summed E-state index contributed by atoms with van der Waals surface area (Å²) < 4.78 is 5.48. The third kappa shape index (κ3) is 1.62. The first-order valence-electron chi connectivity index (χ1n) is 5.97. The highest BCUT2D eigenvalue weighted by Crippen LogP contribution is 2.54. The van der Waals surface area contributed by atoms with Crippen LogP contribution in [0.5, 0.6) is 0 Å². The van der Waals surface area contributed by atoms with E-state index in [1.165, 1.54) is 19.3 Å². The van der Waals surface area contributed by atoms with Crippen LogP contribution in [-0.4, -0.2) is 20.9 Å². The van der Waals surface area contributed by atoms with Crippen LogP contribution in [0, 0.1) is 5.92 Å². The van der Waals surface area contributed by atoms with Gasteiger partial charge >= 0.3 is 0 Å². The van der Waals surface area contributed by atoms with Gasteiger partial charge in [-0.1, -0.05) is 19.3 Å². The highest BCUT2D eigenvalue weighted by molar-refractivity contribution is 5.14. The summed E-state index contributed by atoms with van der Waals surface area (Å²) in [7, 11) is 0. The Morgan fingerprint density at radius 2 is 2.06 bits per heavy atom. The van der Waals surface area contributed by atoms with E-state index in [-0.39, 0.29) is 12.0 Å². The molecule has 4 heteroatoms. The molecule has 1 aliphatic heterocycles. The minimum Gasteiger partial charge on any atom is -0.363 e. The normalized spacial score (nSPS) is 34.9. The van der Waals surface area contributed by atoms with Gasteiger partial charge in [0.1, 0.15) is 0 Å². The maximum Gasteiger partial charge on any atom is 0.202 e. The Balaban J connectivity index is 1.73. The fraction of sp³-hybridized carbons (Fsp3) is 0.667. The van der Waals surface area contributed by atoms with Gasteiger partial charge in [-0.05, 0) is 12.8 Å². The summed E-state index contributed by atoms with van der Waals surface area (Å²) in [6.07, 6.45) is 10.5. The quantitative estimate of drug-likeness (QED) is 0.772. The van der Waals surface area contributed by atoms with E-state index >= 15 is 0 Å². The predicted molar refractivity (Wildman–Crippen MR) is 57.4 cm³/mol. The minimum atomic E-state index is -0.962. The molecule has 2 unspecified atom stereocenters. The first kappa shape index (κ1) is 10.2. The summed E-state index contributed by atoms with van der Waals surface area (Å²) >= 11 is 0. The van der Waals surface area contributed by atoms with Crippen LogP contribution >= 0.6 is 0 Å². The van der Waals surface area contributed by atoms with Gasteiger partial charge in [0.2, 0.25) is 5.79 Å². The molecule has 1 aromatic heterocycles. The summed E-state index contributed by atoms with van der Waals surface area (Å²) in [4.78, 5) is 8.19. The van der Waals surface area contributed by atoms with Crippen LogP contribution < -0.4 is 0 Å². The van der Waals surface area contributed by atoms with Crippen molar-refractivity contribution >= 4 is 0 Å². The van der Waals surface area contributed by atoms with Crippen LogP contribution in [0.3, 0.4) is 0 Å². The second-order valence-electron chi connectivity index (χ2n) is 4.71. The summed E-state index contributed by atoms with van der Waals surface area (Å²) in [5.74, 6) is -0.690. The third-order valence-corrected chi connectivity index (χ3v) is 3.67. The van der Waals surface area contributed by atoms with E-state index in [1.54, 1.807) is 18.6 Å². The molecule has 86 valence electrons. The highest BCUT2D eigenvalue weighted by atomic mass is 16.7. The fourth-order valence-electron chi connectivity index (χ4n) is 2.70. The zero-order valence-corrected chi connectivity index (χ0v) is 9.17. The standard InChI is InChI=1S/C12H16N2O2/c15-12(9-4-2-1-3-5-9)11(16-12)10-8-13-6-7-14-10/h6-9,11,15H,1-5H2. The van der Waals surface area contributed by atoms with Gasteiger partial charge in [-0.3, -0.25) is 9.97 Å². The number of aromatic nitrogens is 2. The van der Waals surface area contributed by atoms with Gasteiger partial charge in [-0.15, -0.1) is 0 Å². The maximum atomic E-state index is 10.4. The molecular formula is C12H16N2O2. The molecule has 16 heavy (non-hydrogen) atoms. The number of epoxide rings is 1. The maximum absolute atomic E-state index is 10.4. The van der Waals surface area contributed by atoms with E-state index < -0.39 is 5.79 Å². The SMILES string of the molecule is OC1(C2CCCCC2)OC1c1cnccn1. The average Bonchev–Trinajstić information content (AvgIpc) is 3.06. The molecule has 0 radical (unpaired) electrons. The Morgan fingerprint density at radius 3 is 2.75 bits per heavy atom. The van der Waals surface area contributed by atoms with Gasteiger partial charge in [-0.25, -0.2) is 0 Å². The van der Waals surface area contributed by atoms with E-state index in [0.29, 0.717) is 0 Å². The Kier molecular flexibility index (Phi) is 2.41. The zero-order chi connectivity index (χ0) is 11.0. The molecule has 2 fully saturated rings. The lowest BCUT2D eigenvalue weighted by Gasteiger charge is -2.24. The lowest BCUT2D eigenvalue weighted by atomic mass is 9.83.